The van der Waals surface area contributed by atoms with E-state index in [1.54, 1.807) is 0 Å². The van der Waals surface area contributed by atoms with Gasteiger partial charge in [-0.15, -0.1) is 0 Å². The van der Waals surface area contributed by atoms with E-state index in [2.05, 4.69) is 94.3 Å². The number of fused-ring (bicyclic) bond motifs is 2. The fraction of sp³-hybridized carbons (Fsp3) is 0.357. The van der Waals surface area contributed by atoms with Gasteiger partial charge in [-0.2, -0.15) is 9.13 Å². The zero-order chi connectivity index (χ0) is 20.4. The second kappa shape index (κ2) is 14.8. The van der Waals surface area contributed by atoms with E-state index in [1.165, 1.54) is 73.2 Å². The number of para-hydroxylation sites is 2. The summed E-state index contributed by atoms with van der Waals surface area (Å²) in [7, 11) is 0. The van der Waals surface area contributed by atoms with Gasteiger partial charge in [-0.1, -0.05) is 49.9 Å². The van der Waals surface area contributed by atoms with Crippen LogP contribution >= 0.6 is 0 Å². The van der Waals surface area contributed by atoms with Gasteiger partial charge in [-0.3, -0.25) is 0 Å². The Morgan fingerprint density at radius 1 is 0.406 bits per heavy atom. The molecule has 0 N–H and O–H groups in total. The Balaban J connectivity index is 0.00000181. The van der Waals surface area contributed by atoms with E-state index in [-0.39, 0.29) is 48.0 Å². The molecule has 0 spiro atoms. The van der Waals surface area contributed by atoms with Gasteiger partial charge in [0.05, 0.1) is 0 Å². The van der Waals surface area contributed by atoms with Crippen LogP contribution in [0, 0.1) is 0 Å². The highest BCUT2D eigenvalue weighted by molar-refractivity contribution is 5.75. The number of aryl methyl sites for hydroxylation is 2. The summed E-state index contributed by atoms with van der Waals surface area (Å²) >= 11 is 0. The van der Waals surface area contributed by atoms with Crippen LogP contribution in [0.5, 0.6) is 0 Å². The molecule has 170 valence electrons. The topological polar surface area (TPSA) is 7.76 Å². The third-order valence-corrected chi connectivity index (χ3v) is 6.12. The molecule has 0 fully saturated rings. The van der Waals surface area contributed by atoms with Gasteiger partial charge in [-0.25, -0.2) is 0 Å². The predicted octanol–water partition coefficient (Wildman–Crippen LogP) is 0.397. The van der Waals surface area contributed by atoms with E-state index < -0.39 is 0 Å². The molecule has 0 aliphatic carbocycles. The summed E-state index contributed by atoms with van der Waals surface area (Å²) in [6.45, 7) is 2.26. The zero-order valence-corrected chi connectivity index (χ0v) is 23.1. The van der Waals surface area contributed by atoms with Crippen LogP contribution in [0.4, 0.5) is 0 Å². The van der Waals surface area contributed by atoms with E-state index in [1.807, 2.05) is 0 Å². The van der Waals surface area contributed by atoms with Crippen molar-refractivity contribution >= 4 is 21.8 Å². The Morgan fingerprint density at radius 2 is 0.750 bits per heavy atom. The summed E-state index contributed by atoms with van der Waals surface area (Å²) in [4.78, 5) is 0. The molecule has 4 heteroatoms. The maximum atomic E-state index is 2.40. The smallest absolute Gasteiger partial charge is 0.212 e. The molecule has 0 bridgehead atoms. The molecule has 0 saturated heterocycles. The summed E-state index contributed by atoms with van der Waals surface area (Å²) in [6.07, 6.45) is 15.1. The number of hydrogen-bond acceptors (Lipinski definition) is 0. The minimum atomic E-state index is 0. The van der Waals surface area contributed by atoms with Crippen LogP contribution in [0.2, 0.25) is 0 Å². The van der Waals surface area contributed by atoms with Crippen molar-refractivity contribution in [1.29, 1.82) is 0 Å². The lowest BCUT2D eigenvalue weighted by molar-refractivity contribution is -0.672. The van der Waals surface area contributed by atoms with Gasteiger partial charge < -0.3 is 48.0 Å². The number of nitrogens with zero attached hydrogens (tertiary/aromatic N) is 2. The van der Waals surface area contributed by atoms with Crippen molar-refractivity contribution in [3.05, 3.63) is 85.2 Å². The molecule has 0 radical (unpaired) electrons. The van der Waals surface area contributed by atoms with E-state index in [0.29, 0.717) is 0 Å². The monoisotopic (exact) mass is 652 g/mol. The Hall–Kier alpha value is -1.28. The van der Waals surface area contributed by atoms with Crippen LogP contribution < -0.4 is 57.1 Å². The number of halogens is 2. The molecular weight excluding hydrogens is 618 g/mol. The molecule has 0 atom stereocenters. The first-order valence-electron chi connectivity index (χ1n) is 11.7. The van der Waals surface area contributed by atoms with Gasteiger partial charge in [0.1, 0.15) is 13.1 Å². The third-order valence-electron chi connectivity index (χ3n) is 6.12. The lowest BCUT2D eigenvalue weighted by Crippen LogP contribution is -3.00. The Kier molecular flexibility index (Phi) is 12.5. The Bertz CT molecular complexity index is 983. The number of hydrogen-bond donors (Lipinski definition) is 0. The van der Waals surface area contributed by atoms with Crippen molar-refractivity contribution in [2.24, 2.45) is 0 Å². The van der Waals surface area contributed by atoms with Crippen molar-refractivity contribution < 1.29 is 57.1 Å². The Morgan fingerprint density at radius 3 is 1.19 bits per heavy atom. The first-order valence-corrected chi connectivity index (χ1v) is 11.7. The van der Waals surface area contributed by atoms with Crippen molar-refractivity contribution in [2.45, 2.75) is 64.5 Å². The summed E-state index contributed by atoms with van der Waals surface area (Å²) in [6, 6.07) is 26.1. The highest BCUT2D eigenvalue weighted by Crippen LogP contribution is 2.12. The van der Waals surface area contributed by atoms with Gasteiger partial charge >= 0.3 is 0 Å². The van der Waals surface area contributed by atoms with Gasteiger partial charge in [0.25, 0.3) is 0 Å². The van der Waals surface area contributed by atoms with E-state index >= 15 is 0 Å². The molecule has 0 aliphatic rings. The highest BCUT2D eigenvalue weighted by Gasteiger charge is 2.08. The number of unbranched alkanes of at least 4 members (excludes halogenated alkanes) is 7. The molecule has 2 aromatic carbocycles. The minimum absolute atomic E-state index is 0. The summed E-state index contributed by atoms with van der Waals surface area (Å²) in [5.74, 6) is 0. The van der Waals surface area contributed by atoms with Crippen LogP contribution in [0.25, 0.3) is 21.8 Å². The zero-order valence-electron chi connectivity index (χ0n) is 18.8. The number of aromatic nitrogens is 2. The van der Waals surface area contributed by atoms with Crippen molar-refractivity contribution in [3.63, 3.8) is 0 Å². The predicted molar refractivity (Wildman–Crippen MR) is 125 cm³/mol. The SMILES string of the molecule is [I-].[I-].c1ccc2c(c1)ccc[n+]2CCCCCCCCCC[n+]1cccc2ccccc21. The lowest BCUT2D eigenvalue weighted by atomic mass is 10.1. The van der Waals surface area contributed by atoms with Gasteiger partial charge in [0, 0.05) is 47.9 Å². The molecule has 2 aromatic heterocycles. The largest absolute Gasteiger partial charge is 1.00 e. The van der Waals surface area contributed by atoms with Crippen molar-refractivity contribution in [3.8, 4) is 0 Å². The number of rotatable bonds is 11. The van der Waals surface area contributed by atoms with Gasteiger partial charge in [0.2, 0.25) is 11.0 Å². The second-order valence-electron chi connectivity index (χ2n) is 8.35. The number of pyridine rings is 2. The fourth-order valence-electron chi connectivity index (χ4n) is 4.46. The average molecular weight is 652 g/mol. The van der Waals surface area contributed by atoms with Crippen LogP contribution in [0.3, 0.4) is 0 Å². The van der Waals surface area contributed by atoms with Crippen molar-refractivity contribution in [1.82, 2.24) is 0 Å². The summed E-state index contributed by atoms with van der Waals surface area (Å²) in [5, 5.41) is 2.67. The molecular formula is C28H34I2N2. The van der Waals surface area contributed by atoms with E-state index in [0.717, 1.165) is 13.1 Å². The lowest BCUT2D eigenvalue weighted by Gasteiger charge is -2.03. The van der Waals surface area contributed by atoms with E-state index in [4.69, 9.17) is 0 Å². The van der Waals surface area contributed by atoms with Crippen LogP contribution in [-0.4, -0.2) is 0 Å². The maximum absolute atomic E-state index is 2.40. The first kappa shape index (κ1) is 27.0. The molecule has 0 amide bonds. The normalized spacial score (nSPS) is 10.6. The van der Waals surface area contributed by atoms with Crippen molar-refractivity contribution in [2.75, 3.05) is 0 Å². The molecule has 2 nitrogen and oxygen atoms in total. The molecule has 32 heavy (non-hydrogen) atoms. The molecule has 4 aromatic rings. The van der Waals surface area contributed by atoms with Gasteiger partial charge in [-0.05, 0) is 37.1 Å². The fourth-order valence-corrected chi connectivity index (χ4v) is 4.46. The van der Waals surface area contributed by atoms with Gasteiger partial charge in [0.15, 0.2) is 12.4 Å². The van der Waals surface area contributed by atoms with Crippen LogP contribution in [0.15, 0.2) is 85.2 Å². The molecule has 0 aliphatic heterocycles. The average Bonchev–Trinajstić information content (AvgIpc) is 2.80. The van der Waals surface area contributed by atoms with Crippen LogP contribution in [0.1, 0.15) is 51.4 Å². The van der Waals surface area contributed by atoms with E-state index in [9.17, 15) is 0 Å². The molecule has 2 heterocycles. The quantitative estimate of drug-likeness (QED) is 0.126. The Labute approximate surface area is 227 Å². The maximum Gasteiger partial charge on any atom is 0.212 e. The first-order chi connectivity index (χ1) is 14.9. The third kappa shape index (κ3) is 7.65. The molecule has 0 unspecified atom stereocenters. The highest BCUT2D eigenvalue weighted by atomic mass is 127. The standard InChI is InChI=1S/C28H34N2.2HI/c1(3-5-11-21-29-23-13-17-25-15-7-9-19-27(25)29)2-4-6-12-22-30-24-14-18-26-16-8-10-20-28(26)30;;/h7-10,13-20,23-24H,1-6,11-12,21-22H2;2*1H/q+2;;/p-2. The second-order valence-corrected chi connectivity index (χ2v) is 8.35. The summed E-state index contributed by atoms with van der Waals surface area (Å²) in [5.41, 5.74) is 2.70. The minimum Gasteiger partial charge on any atom is -1.00 e. The molecule has 4 rings (SSSR count). The number of benzene rings is 2. The summed E-state index contributed by atoms with van der Waals surface area (Å²) < 4.78 is 4.81. The van der Waals surface area contributed by atoms with Crippen LogP contribution in [-0.2, 0) is 13.1 Å². The molecule has 0 saturated carbocycles.